The second-order valence-electron chi connectivity index (χ2n) is 5.74. The van der Waals surface area contributed by atoms with E-state index in [2.05, 4.69) is 37.6 Å². The highest BCUT2D eigenvalue weighted by molar-refractivity contribution is 7.14. The summed E-state index contributed by atoms with van der Waals surface area (Å²) in [5.74, 6) is 0.760. The molecule has 1 aliphatic heterocycles. The molecule has 1 aromatic carbocycles. The normalized spacial score (nSPS) is 15.7. The Bertz CT molecular complexity index is 663. The SMILES string of the molecule is CN=C(NCCc1ccccc1F)N1CCN(c2cccs2)CC1. The Morgan fingerprint density at radius 2 is 1.96 bits per heavy atom. The third kappa shape index (κ3) is 4.06. The smallest absolute Gasteiger partial charge is 0.193 e. The van der Waals surface area contributed by atoms with Crippen LogP contribution in [0.3, 0.4) is 0 Å². The summed E-state index contributed by atoms with van der Waals surface area (Å²) < 4.78 is 13.7. The van der Waals surface area contributed by atoms with Gasteiger partial charge in [-0.3, -0.25) is 4.99 Å². The number of guanidine groups is 1. The molecule has 0 atom stereocenters. The highest BCUT2D eigenvalue weighted by Crippen LogP contribution is 2.22. The largest absolute Gasteiger partial charge is 0.360 e. The Balaban J connectivity index is 1.48. The van der Waals surface area contributed by atoms with E-state index in [0.717, 1.165) is 37.7 Å². The number of piperazine rings is 1. The standard InChI is InChI=1S/C18H23FN4S/c1-20-18(21-9-8-15-5-2-3-6-16(15)19)23-12-10-22(11-13-23)17-7-4-14-24-17/h2-7,14H,8-13H2,1H3,(H,20,21). The topological polar surface area (TPSA) is 30.9 Å². The van der Waals surface area contributed by atoms with Crippen LogP contribution in [-0.4, -0.2) is 50.6 Å². The zero-order valence-corrected chi connectivity index (χ0v) is 14.7. The molecule has 1 fully saturated rings. The fraction of sp³-hybridized carbons (Fsp3) is 0.389. The number of hydrogen-bond acceptors (Lipinski definition) is 3. The van der Waals surface area contributed by atoms with E-state index in [1.807, 2.05) is 12.1 Å². The predicted octanol–water partition coefficient (Wildman–Crippen LogP) is 2.83. The van der Waals surface area contributed by atoms with Gasteiger partial charge in [0, 0.05) is 39.8 Å². The zero-order chi connectivity index (χ0) is 16.8. The number of rotatable bonds is 4. The highest BCUT2D eigenvalue weighted by Gasteiger charge is 2.20. The predicted molar refractivity (Wildman–Crippen MR) is 99.6 cm³/mol. The molecule has 0 saturated carbocycles. The summed E-state index contributed by atoms with van der Waals surface area (Å²) >= 11 is 1.78. The first-order valence-corrected chi connectivity index (χ1v) is 9.13. The minimum atomic E-state index is -0.140. The van der Waals surface area contributed by atoms with Gasteiger partial charge < -0.3 is 15.1 Å². The van der Waals surface area contributed by atoms with Gasteiger partial charge in [-0.25, -0.2) is 4.39 Å². The Hall–Kier alpha value is -2.08. The van der Waals surface area contributed by atoms with Gasteiger partial charge in [-0.1, -0.05) is 18.2 Å². The fourth-order valence-corrected chi connectivity index (χ4v) is 3.72. The first kappa shape index (κ1) is 16.8. The molecule has 1 aromatic heterocycles. The zero-order valence-electron chi connectivity index (χ0n) is 13.9. The van der Waals surface area contributed by atoms with Crippen molar-refractivity contribution in [2.75, 3.05) is 44.7 Å². The minimum absolute atomic E-state index is 0.140. The highest BCUT2D eigenvalue weighted by atomic mass is 32.1. The van der Waals surface area contributed by atoms with Crippen LogP contribution in [0.5, 0.6) is 0 Å². The summed E-state index contributed by atoms with van der Waals surface area (Å²) in [7, 11) is 1.80. The van der Waals surface area contributed by atoms with Gasteiger partial charge in [-0.15, -0.1) is 11.3 Å². The van der Waals surface area contributed by atoms with Crippen molar-refractivity contribution >= 4 is 22.3 Å². The minimum Gasteiger partial charge on any atom is -0.360 e. The molecule has 0 amide bonds. The van der Waals surface area contributed by atoms with Crippen molar-refractivity contribution in [2.24, 2.45) is 4.99 Å². The molecule has 0 bridgehead atoms. The number of hydrogen-bond donors (Lipinski definition) is 1. The van der Waals surface area contributed by atoms with Crippen molar-refractivity contribution in [3.05, 3.63) is 53.2 Å². The van der Waals surface area contributed by atoms with Crippen LogP contribution in [0.1, 0.15) is 5.56 Å². The summed E-state index contributed by atoms with van der Waals surface area (Å²) in [6.07, 6.45) is 0.654. The third-order valence-electron chi connectivity index (χ3n) is 4.24. The van der Waals surface area contributed by atoms with Crippen molar-refractivity contribution in [3.63, 3.8) is 0 Å². The van der Waals surface area contributed by atoms with Crippen molar-refractivity contribution < 1.29 is 4.39 Å². The molecule has 2 heterocycles. The van der Waals surface area contributed by atoms with E-state index in [-0.39, 0.29) is 5.82 Å². The number of anilines is 1. The van der Waals surface area contributed by atoms with Crippen LogP contribution in [0.4, 0.5) is 9.39 Å². The second kappa shape index (κ2) is 8.15. The van der Waals surface area contributed by atoms with Crippen molar-refractivity contribution in [2.45, 2.75) is 6.42 Å². The molecule has 1 saturated heterocycles. The quantitative estimate of drug-likeness (QED) is 0.682. The molecular formula is C18H23FN4S. The molecule has 6 heteroatoms. The average Bonchev–Trinajstić information content (AvgIpc) is 3.15. The van der Waals surface area contributed by atoms with Gasteiger partial charge in [-0.2, -0.15) is 0 Å². The molecule has 24 heavy (non-hydrogen) atoms. The van der Waals surface area contributed by atoms with E-state index >= 15 is 0 Å². The number of benzene rings is 1. The first-order valence-electron chi connectivity index (χ1n) is 8.25. The summed E-state index contributed by atoms with van der Waals surface area (Å²) in [6, 6.07) is 11.2. The number of halogens is 1. The lowest BCUT2D eigenvalue weighted by Gasteiger charge is -2.37. The van der Waals surface area contributed by atoms with Crippen molar-refractivity contribution in [1.29, 1.82) is 0 Å². The van der Waals surface area contributed by atoms with Gasteiger partial charge in [0.05, 0.1) is 5.00 Å². The van der Waals surface area contributed by atoms with E-state index in [1.54, 1.807) is 24.5 Å². The van der Waals surface area contributed by atoms with E-state index in [0.29, 0.717) is 13.0 Å². The van der Waals surface area contributed by atoms with Gasteiger partial charge in [0.15, 0.2) is 5.96 Å². The lowest BCUT2D eigenvalue weighted by Crippen LogP contribution is -2.52. The Morgan fingerprint density at radius 1 is 1.17 bits per heavy atom. The molecule has 0 aliphatic carbocycles. The van der Waals surface area contributed by atoms with Crippen LogP contribution >= 0.6 is 11.3 Å². The molecule has 128 valence electrons. The van der Waals surface area contributed by atoms with E-state index in [9.17, 15) is 4.39 Å². The summed E-state index contributed by atoms with van der Waals surface area (Å²) in [5.41, 5.74) is 0.739. The average molecular weight is 346 g/mol. The van der Waals surface area contributed by atoms with E-state index in [1.165, 1.54) is 11.1 Å². The number of nitrogens with one attached hydrogen (secondary N) is 1. The summed E-state index contributed by atoms with van der Waals surface area (Å²) in [6.45, 7) is 4.55. The molecular weight excluding hydrogens is 323 g/mol. The molecule has 3 rings (SSSR count). The molecule has 0 radical (unpaired) electrons. The van der Waals surface area contributed by atoms with Crippen molar-refractivity contribution in [3.8, 4) is 0 Å². The Kier molecular flexibility index (Phi) is 5.69. The van der Waals surface area contributed by atoms with E-state index < -0.39 is 0 Å². The number of thiophene rings is 1. The monoisotopic (exact) mass is 346 g/mol. The van der Waals surface area contributed by atoms with Crippen LogP contribution in [0.25, 0.3) is 0 Å². The maximum Gasteiger partial charge on any atom is 0.193 e. The molecule has 4 nitrogen and oxygen atoms in total. The van der Waals surface area contributed by atoms with E-state index in [4.69, 9.17) is 0 Å². The maximum atomic E-state index is 13.7. The lowest BCUT2D eigenvalue weighted by atomic mass is 10.1. The molecule has 1 N–H and O–H groups in total. The number of aliphatic imine (C=N–C) groups is 1. The molecule has 2 aromatic rings. The lowest BCUT2D eigenvalue weighted by molar-refractivity contribution is 0.373. The fourth-order valence-electron chi connectivity index (χ4n) is 2.93. The molecule has 1 aliphatic rings. The first-order chi connectivity index (χ1) is 11.8. The van der Waals surface area contributed by atoms with Crippen LogP contribution in [0.2, 0.25) is 0 Å². The van der Waals surface area contributed by atoms with Gasteiger partial charge in [0.25, 0.3) is 0 Å². The third-order valence-corrected chi connectivity index (χ3v) is 5.17. The Morgan fingerprint density at radius 3 is 2.62 bits per heavy atom. The second-order valence-corrected chi connectivity index (χ2v) is 6.67. The van der Waals surface area contributed by atoms with Gasteiger partial charge in [0.1, 0.15) is 5.82 Å². The van der Waals surface area contributed by atoms with Crippen LogP contribution < -0.4 is 10.2 Å². The summed E-state index contributed by atoms with van der Waals surface area (Å²) in [5, 5.41) is 6.80. The molecule has 0 unspecified atom stereocenters. The van der Waals surface area contributed by atoms with Crippen molar-refractivity contribution in [1.82, 2.24) is 10.2 Å². The Labute approximate surface area is 146 Å². The van der Waals surface area contributed by atoms with Crippen LogP contribution in [0, 0.1) is 5.82 Å². The van der Waals surface area contributed by atoms with Crippen LogP contribution in [0.15, 0.2) is 46.8 Å². The van der Waals surface area contributed by atoms with Gasteiger partial charge in [-0.05, 0) is 35.6 Å². The molecule has 0 spiro atoms. The van der Waals surface area contributed by atoms with Crippen LogP contribution in [-0.2, 0) is 6.42 Å². The van der Waals surface area contributed by atoms with Gasteiger partial charge >= 0.3 is 0 Å². The maximum absolute atomic E-state index is 13.7. The summed E-state index contributed by atoms with van der Waals surface area (Å²) in [4.78, 5) is 9.05. The number of nitrogens with zero attached hydrogens (tertiary/aromatic N) is 3. The van der Waals surface area contributed by atoms with Gasteiger partial charge in [0.2, 0.25) is 0 Å².